The van der Waals surface area contributed by atoms with Crippen molar-refractivity contribution in [1.29, 1.82) is 0 Å². The Balaban J connectivity index is 1.92. The monoisotopic (exact) mass is 201 g/mol. The molecule has 0 N–H and O–H groups in total. The summed E-state index contributed by atoms with van der Waals surface area (Å²) in [6.07, 6.45) is 5.34. The Morgan fingerprint density at radius 1 is 1.50 bits per heavy atom. The van der Waals surface area contributed by atoms with Gasteiger partial charge in [0.1, 0.15) is 0 Å². The van der Waals surface area contributed by atoms with Gasteiger partial charge < -0.3 is 0 Å². The van der Waals surface area contributed by atoms with Gasteiger partial charge in [-0.05, 0) is 26.2 Å². The topological polar surface area (TPSA) is 3.24 Å². The molecular weight excluding hydrogens is 184 g/mol. The van der Waals surface area contributed by atoms with Crippen LogP contribution in [-0.2, 0) is 0 Å². The molecule has 1 heterocycles. The Hall–Kier alpha value is -0.440. The van der Waals surface area contributed by atoms with Crippen LogP contribution in [0.4, 0.5) is 8.78 Å². The minimum Gasteiger partial charge on any atom is -0.294 e. The molecule has 1 aliphatic carbocycles. The average molecular weight is 201 g/mol. The first kappa shape index (κ1) is 10.1. The maximum Gasteiger partial charge on any atom is 0.261 e. The first-order chi connectivity index (χ1) is 6.57. The van der Waals surface area contributed by atoms with Gasteiger partial charge >= 0.3 is 0 Å². The van der Waals surface area contributed by atoms with Gasteiger partial charge in [0.25, 0.3) is 5.92 Å². The van der Waals surface area contributed by atoms with Gasteiger partial charge in [-0.1, -0.05) is 11.6 Å². The molecule has 1 nitrogen and oxygen atoms in total. The molecule has 1 unspecified atom stereocenters. The molecule has 0 radical (unpaired) electrons. The summed E-state index contributed by atoms with van der Waals surface area (Å²) in [4.78, 5) is 1.96. The van der Waals surface area contributed by atoms with Gasteiger partial charge in [-0.2, -0.15) is 0 Å². The molecule has 80 valence electrons. The molecule has 0 aromatic rings. The van der Waals surface area contributed by atoms with E-state index in [1.807, 2.05) is 4.90 Å². The molecule has 1 fully saturated rings. The first-order valence-corrected chi connectivity index (χ1v) is 5.34. The van der Waals surface area contributed by atoms with Crippen molar-refractivity contribution in [2.45, 2.75) is 44.6 Å². The van der Waals surface area contributed by atoms with Crippen molar-refractivity contribution in [1.82, 2.24) is 4.90 Å². The summed E-state index contributed by atoms with van der Waals surface area (Å²) in [5, 5.41) is 0. The summed E-state index contributed by atoms with van der Waals surface area (Å²) in [5.41, 5.74) is 1.41. The van der Waals surface area contributed by atoms with E-state index in [2.05, 4.69) is 13.0 Å². The van der Waals surface area contributed by atoms with Crippen LogP contribution >= 0.6 is 0 Å². The highest BCUT2D eigenvalue weighted by atomic mass is 19.3. The quantitative estimate of drug-likeness (QED) is 0.590. The van der Waals surface area contributed by atoms with E-state index in [0.29, 0.717) is 12.6 Å². The van der Waals surface area contributed by atoms with Crippen LogP contribution in [0.5, 0.6) is 0 Å². The predicted molar refractivity (Wildman–Crippen MR) is 52.5 cm³/mol. The standard InChI is InChI=1S/C11H17F2N/c1-9-2-4-10(5-3-9)14-7-6-11(12,13)8-14/h2,10H,3-8H2,1H3. The van der Waals surface area contributed by atoms with Crippen molar-refractivity contribution in [3.63, 3.8) is 0 Å². The number of likely N-dealkylation sites (tertiary alicyclic amines) is 1. The molecule has 0 amide bonds. The molecule has 0 aromatic carbocycles. The van der Waals surface area contributed by atoms with E-state index in [4.69, 9.17) is 0 Å². The summed E-state index contributed by atoms with van der Waals surface area (Å²) >= 11 is 0. The van der Waals surface area contributed by atoms with Gasteiger partial charge in [0.15, 0.2) is 0 Å². The Morgan fingerprint density at radius 3 is 2.79 bits per heavy atom. The van der Waals surface area contributed by atoms with E-state index in [-0.39, 0.29) is 13.0 Å². The molecular formula is C11H17F2N. The second kappa shape index (κ2) is 3.61. The van der Waals surface area contributed by atoms with E-state index in [0.717, 1.165) is 19.3 Å². The number of hydrogen-bond acceptors (Lipinski definition) is 1. The summed E-state index contributed by atoms with van der Waals surface area (Å²) in [6.45, 7) is 2.67. The normalized spacial score (nSPS) is 33.1. The zero-order valence-electron chi connectivity index (χ0n) is 8.60. The number of allylic oxidation sites excluding steroid dienone is 1. The van der Waals surface area contributed by atoms with Crippen LogP contribution in [0.2, 0.25) is 0 Å². The molecule has 0 aromatic heterocycles. The van der Waals surface area contributed by atoms with E-state index in [1.54, 1.807) is 0 Å². The van der Waals surface area contributed by atoms with Gasteiger partial charge in [0, 0.05) is 19.0 Å². The molecule has 14 heavy (non-hydrogen) atoms. The Bertz CT molecular complexity index is 248. The number of hydrogen-bond donors (Lipinski definition) is 0. The van der Waals surface area contributed by atoms with Crippen LogP contribution in [0.3, 0.4) is 0 Å². The van der Waals surface area contributed by atoms with Crippen molar-refractivity contribution in [2.24, 2.45) is 0 Å². The van der Waals surface area contributed by atoms with E-state index in [1.165, 1.54) is 5.57 Å². The van der Waals surface area contributed by atoms with E-state index in [9.17, 15) is 8.78 Å². The lowest BCUT2D eigenvalue weighted by Gasteiger charge is -2.29. The predicted octanol–water partition coefficient (Wildman–Crippen LogP) is 2.83. The smallest absolute Gasteiger partial charge is 0.261 e. The first-order valence-electron chi connectivity index (χ1n) is 5.34. The van der Waals surface area contributed by atoms with Crippen LogP contribution in [-0.4, -0.2) is 30.0 Å². The number of nitrogens with zero attached hydrogens (tertiary/aromatic N) is 1. The SMILES string of the molecule is CC1=CCC(N2CCC(F)(F)C2)CC1. The maximum atomic E-state index is 13.0. The van der Waals surface area contributed by atoms with Crippen LogP contribution in [0.25, 0.3) is 0 Å². The fraction of sp³-hybridized carbons (Fsp3) is 0.818. The number of halogens is 2. The molecule has 2 rings (SSSR count). The van der Waals surface area contributed by atoms with Crippen molar-refractivity contribution in [3.8, 4) is 0 Å². The Labute approximate surface area is 83.8 Å². The average Bonchev–Trinajstić information content (AvgIpc) is 2.47. The van der Waals surface area contributed by atoms with E-state index >= 15 is 0 Å². The summed E-state index contributed by atoms with van der Waals surface area (Å²) in [5.74, 6) is -2.43. The third kappa shape index (κ3) is 2.14. The third-order valence-electron chi connectivity index (χ3n) is 3.33. The molecule has 0 bridgehead atoms. The highest BCUT2D eigenvalue weighted by molar-refractivity contribution is 5.05. The minimum atomic E-state index is -2.43. The lowest BCUT2D eigenvalue weighted by Crippen LogP contribution is -2.36. The molecule has 0 saturated carbocycles. The third-order valence-corrected chi connectivity index (χ3v) is 3.33. The summed E-state index contributed by atoms with van der Waals surface area (Å²) in [6, 6.07) is 0.368. The highest BCUT2D eigenvalue weighted by Gasteiger charge is 2.40. The van der Waals surface area contributed by atoms with Gasteiger partial charge in [-0.15, -0.1) is 0 Å². The van der Waals surface area contributed by atoms with Crippen molar-refractivity contribution < 1.29 is 8.78 Å². The van der Waals surface area contributed by atoms with Crippen LogP contribution in [0, 0.1) is 0 Å². The maximum absolute atomic E-state index is 13.0. The molecule has 0 spiro atoms. The lowest BCUT2D eigenvalue weighted by atomic mass is 9.95. The van der Waals surface area contributed by atoms with Crippen molar-refractivity contribution in [3.05, 3.63) is 11.6 Å². The van der Waals surface area contributed by atoms with Crippen LogP contribution in [0.1, 0.15) is 32.6 Å². The molecule has 3 heteroatoms. The van der Waals surface area contributed by atoms with Crippen LogP contribution < -0.4 is 0 Å². The lowest BCUT2D eigenvalue weighted by molar-refractivity contribution is 0.00706. The van der Waals surface area contributed by atoms with Gasteiger partial charge in [0.05, 0.1) is 6.54 Å². The fourth-order valence-electron chi connectivity index (χ4n) is 2.36. The summed E-state index contributed by atoms with van der Waals surface area (Å²) in [7, 11) is 0. The molecule has 2 aliphatic rings. The number of alkyl halides is 2. The van der Waals surface area contributed by atoms with Gasteiger partial charge in [-0.25, -0.2) is 8.78 Å². The second-order valence-corrected chi connectivity index (χ2v) is 4.56. The fourth-order valence-corrected chi connectivity index (χ4v) is 2.36. The molecule has 1 saturated heterocycles. The highest BCUT2D eigenvalue weighted by Crippen LogP contribution is 2.32. The zero-order valence-corrected chi connectivity index (χ0v) is 8.60. The van der Waals surface area contributed by atoms with Gasteiger partial charge in [0.2, 0.25) is 0 Å². The number of rotatable bonds is 1. The van der Waals surface area contributed by atoms with Gasteiger partial charge in [-0.3, -0.25) is 4.90 Å². The molecule has 1 aliphatic heterocycles. The summed E-state index contributed by atoms with van der Waals surface area (Å²) < 4.78 is 25.9. The van der Waals surface area contributed by atoms with Crippen LogP contribution in [0.15, 0.2) is 11.6 Å². The van der Waals surface area contributed by atoms with Crippen molar-refractivity contribution in [2.75, 3.05) is 13.1 Å². The molecule has 1 atom stereocenters. The second-order valence-electron chi connectivity index (χ2n) is 4.56. The Morgan fingerprint density at radius 2 is 2.29 bits per heavy atom. The largest absolute Gasteiger partial charge is 0.294 e. The van der Waals surface area contributed by atoms with Crippen molar-refractivity contribution >= 4 is 0 Å². The van der Waals surface area contributed by atoms with E-state index < -0.39 is 5.92 Å². The Kier molecular flexibility index (Phi) is 2.60. The minimum absolute atomic E-state index is 0.0233. The zero-order chi connectivity index (χ0) is 10.2.